The Morgan fingerprint density at radius 3 is 2.67 bits per heavy atom. The molecule has 2 aromatic heterocycles. The summed E-state index contributed by atoms with van der Waals surface area (Å²) in [5.41, 5.74) is -1.26. The number of aliphatic hydroxyl groups excluding tert-OH is 1. The number of hydrogen-bond donors (Lipinski definition) is 3. The van der Waals surface area contributed by atoms with E-state index in [-0.39, 0.29) is 11.4 Å². The highest BCUT2D eigenvalue weighted by molar-refractivity contribution is 7.52. The number of hydrogen-bond acceptors (Lipinski definition) is 11. The first kappa shape index (κ1) is 33.0. The van der Waals surface area contributed by atoms with Crippen molar-refractivity contribution in [2.75, 3.05) is 24.9 Å². The SMILES string of the molecule is CNc1nc(C)nc2c1ncn2[C@@H]1O[C@](CCl)(CO[P@@](=O)(N[C@@H](C)C(=O)OC(C)C)Oc2cccc3ccccc23)[C@@H](O)[C@@H]1F. The summed E-state index contributed by atoms with van der Waals surface area (Å²) < 4.78 is 54.6. The molecule has 1 aliphatic rings. The van der Waals surface area contributed by atoms with E-state index in [2.05, 4.69) is 25.4 Å². The van der Waals surface area contributed by atoms with Crippen LogP contribution >= 0.6 is 19.3 Å². The minimum absolute atomic E-state index is 0.197. The van der Waals surface area contributed by atoms with E-state index in [0.29, 0.717) is 22.5 Å². The lowest BCUT2D eigenvalue weighted by atomic mass is 9.99. The number of aryl methyl sites for hydroxylation is 1. The second-order valence-corrected chi connectivity index (χ2v) is 12.9. The van der Waals surface area contributed by atoms with Crippen LogP contribution < -0.4 is 14.9 Å². The van der Waals surface area contributed by atoms with E-state index >= 15 is 4.39 Å². The summed E-state index contributed by atoms with van der Waals surface area (Å²) in [6.45, 7) is 5.78. The van der Waals surface area contributed by atoms with Gasteiger partial charge in [-0.25, -0.2) is 23.9 Å². The number of aromatic nitrogens is 4. The molecule has 3 heterocycles. The molecule has 0 aliphatic carbocycles. The number of benzene rings is 2. The smallest absolute Gasteiger partial charge is 0.459 e. The van der Waals surface area contributed by atoms with Gasteiger partial charge in [0.2, 0.25) is 0 Å². The molecule has 242 valence electrons. The maximum Gasteiger partial charge on any atom is 0.459 e. The third-order valence-corrected chi connectivity index (χ3v) is 9.31. The zero-order chi connectivity index (χ0) is 32.5. The predicted octanol–water partition coefficient (Wildman–Crippen LogP) is 4.67. The largest absolute Gasteiger partial charge is 0.462 e. The van der Waals surface area contributed by atoms with Crippen LogP contribution in [-0.2, 0) is 23.4 Å². The standard InChI is InChI=1S/C29H35ClFN6O7P/c1-16(2)42-28(39)17(3)36-45(40,44-21-12-8-10-19-9-6-7-11-20(19)21)41-14-29(13-30)24(38)22(31)27(43-29)37-15-33-23-25(32-5)34-18(4)35-26(23)37/h6-12,15-17,22,24,27,38H,13-14H2,1-5H3,(H,36,40)(H,32,34,35)/t17-,22-,24-,27+,29+,45-/m0/s1. The summed E-state index contributed by atoms with van der Waals surface area (Å²) in [7, 11) is -2.79. The summed E-state index contributed by atoms with van der Waals surface area (Å²) in [5.74, 6) is -0.124. The number of rotatable bonds is 12. The molecule has 0 amide bonds. The second kappa shape index (κ2) is 13.1. The van der Waals surface area contributed by atoms with Gasteiger partial charge in [-0.1, -0.05) is 36.4 Å². The Morgan fingerprint density at radius 2 is 1.96 bits per heavy atom. The Morgan fingerprint density at radius 1 is 1.22 bits per heavy atom. The molecule has 45 heavy (non-hydrogen) atoms. The number of carbonyl (C=O) groups is 1. The molecule has 1 fully saturated rings. The van der Waals surface area contributed by atoms with Gasteiger partial charge < -0.3 is 24.4 Å². The van der Waals surface area contributed by atoms with E-state index < -0.39 is 62.5 Å². The van der Waals surface area contributed by atoms with Crippen LogP contribution in [0.15, 0.2) is 48.8 Å². The van der Waals surface area contributed by atoms with Gasteiger partial charge in [0.25, 0.3) is 0 Å². The third-order valence-electron chi connectivity index (χ3n) is 7.24. The van der Waals surface area contributed by atoms with E-state index in [1.54, 1.807) is 52.1 Å². The second-order valence-electron chi connectivity index (χ2n) is 11.0. The van der Waals surface area contributed by atoms with E-state index in [1.807, 2.05) is 18.2 Å². The van der Waals surface area contributed by atoms with Crippen molar-refractivity contribution < 1.29 is 37.4 Å². The van der Waals surface area contributed by atoms with Crippen LogP contribution in [-0.4, -0.2) is 80.2 Å². The molecule has 5 rings (SSSR count). The normalized spacial score (nSPS) is 23.7. The number of halogens is 2. The molecular weight excluding hydrogens is 630 g/mol. The van der Waals surface area contributed by atoms with E-state index in [9.17, 15) is 14.5 Å². The van der Waals surface area contributed by atoms with Gasteiger partial charge >= 0.3 is 13.7 Å². The minimum Gasteiger partial charge on any atom is -0.462 e. The number of fused-ring (bicyclic) bond motifs is 2. The highest BCUT2D eigenvalue weighted by Gasteiger charge is 2.57. The zero-order valence-electron chi connectivity index (χ0n) is 25.3. The van der Waals surface area contributed by atoms with Crippen molar-refractivity contribution in [1.82, 2.24) is 24.6 Å². The minimum atomic E-state index is -4.46. The van der Waals surface area contributed by atoms with Crippen LogP contribution in [0.25, 0.3) is 21.9 Å². The number of alkyl halides is 2. The van der Waals surface area contributed by atoms with Crippen molar-refractivity contribution in [3.8, 4) is 5.75 Å². The molecule has 3 N–H and O–H groups in total. The Kier molecular flexibility index (Phi) is 9.64. The first-order valence-electron chi connectivity index (χ1n) is 14.3. The number of esters is 1. The maximum atomic E-state index is 15.8. The molecule has 6 atom stereocenters. The molecular formula is C29H35ClFN6O7P. The van der Waals surface area contributed by atoms with Crippen LogP contribution in [0.3, 0.4) is 0 Å². The average Bonchev–Trinajstić information content (AvgIpc) is 3.54. The quantitative estimate of drug-likeness (QED) is 0.109. The molecule has 1 aliphatic heterocycles. The Hall–Kier alpha value is -3.39. The Bertz CT molecular complexity index is 1740. The predicted molar refractivity (Wildman–Crippen MR) is 166 cm³/mol. The summed E-state index contributed by atoms with van der Waals surface area (Å²) in [4.78, 5) is 25.6. The Labute approximate surface area is 264 Å². The van der Waals surface area contributed by atoms with Crippen LogP contribution in [0, 0.1) is 6.92 Å². The molecule has 0 radical (unpaired) electrons. The molecule has 0 unspecified atom stereocenters. The molecule has 0 spiro atoms. The lowest BCUT2D eigenvalue weighted by Gasteiger charge is -2.31. The van der Waals surface area contributed by atoms with Crippen LogP contribution in [0.2, 0.25) is 0 Å². The summed E-state index contributed by atoms with van der Waals surface area (Å²) in [6.07, 6.45) is -4.36. The lowest BCUT2D eigenvalue weighted by Crippen LogP contribution is -2.48. The fourth-order valence-corrected chi connectivity index (χ4v) is 6.86. The first-order valence-corrected chi connectivity index (χ1v) is 16.3. The van der Waals surface area contributed by atoms with Gasteiger partial charge in [0.05, 0.1) is 24.9 Å². The van der Waals surface area contributed by atoms with Crippen LogP contribution in [0.5, 0.6) is 5.75 Å². The van der Waals surface area contributed by atoms with E-state index in [0.717, 1.165) is 5.39 Å². The van der Waals surface area contributed by atoms with Gasteiger partial charge in [0.1, 0.15) is 29.3 Å². The van der Waals surface area contributed by atoms with Crippen LogP contribution in [0.4, 0.5) is 10.2 Å². The van der Waals surface area contributed by atoms with Crippen molar-refractivity contribution in [2.24, 2.45) is 0 Å². The van der Waals surface area contributed by atoms with Crippen molar-refractivity contribution in [1.29, 1.82) is 0 Å². The molecule has 13 nitrogen and oxygen atoms in total. The van der Waals surface area contributed by atoms with Crippen molar-refractivity contribution in [3.63, 3.8) is 0 Å². The molecule has 0 bridgehead atoms. The highest BCUT2D eigenvalue weighted by atomic mass is 35.5. The number of imidazole rings is 1. The maximum absolute atomic E-state index is 15.8. The average molecular weight is 665 g/mol. The Balaban J connectivity index is 1.45. The molecule has 2 aromatic carbocycles. The summed E-state index contributed by atoms with van der Waals surface area (Å²) >= 11 is 6.31. The van der Waals surface area contributed by atoms with Crippen molar-refractivity contribution >= 4 is 53.1 Å². The third kappa shape index (κ3) is 6.62. The van der Waals surface area contributed by atoms with Gasteiger partial charge in [-0.05, 0) is 39.1 Å². The summed E-state index contributed by atoms with van der Waals surface area (Å²) in [5, 5.41) is 18.1. The fourth-order valence-electron chi connectivity index (χ4n) is 5.00. The van der Waals surface area contributed by atoms with Gasteiger partial charge in [0.15, 0.2) is 29.4 Å². The monoisotopic (exact) mass is 664 g/mol. The van der Waals surface area contributed by atoms with Gasteiger partial charge in [-0.3, -0.25) is 13.9 Å². The molecule has 4 aromatic rings. The first-order chi connectivity index (χ1) is 21.4. The molecule has 1 saturated heterocycles. The number of aliphatic hydroxyl groups is 1. The van der Waals surface area contributed by atoms with Gasteiger partial charge in [-0.2, -0.15) is 5.09 Å². The highest BCUT2D eigenvalue weighted by Crippen LogP contribution is 2.50. The number of ether oxygens (including phenoxy) is 2. The number of nitrogens with one attached hydrogen (secondary N) is 2. The topological polar surface area (TPSA) is 159 Å². The number of anilines is 1. The molecule has 0 saturated carbocycles. The number of carbonyl (C=O) groups excluding carboxylic acids is 1. The number of nitrogens with zero attached hydrogens (tertiary/aromatic N) is 4. The summed E-state index contributed by atoms with van der Waals surface area (Å²) in [6, 6.07) is 11.3. The lowest BCUT2D eigenvalue weighted by molar-refractivity contribution is -0.149. The van der Waals surface area contributed by atoms with Gasteiger partial charge in [0, 0.05) is 12.4 Å². The van der Waals surface area contributed by atoms with E-state index in [1.165, 1.54) is 17.8 Å². The fraction of sp³-hybridized carbons (Fsp3) is 0.448. The molecule has 16 heteroatoms. The van der Waals surface area contributed by atoms with Gasteiger partial charge in [-0.15, -0.1) is 11.6 Å². The van der Waals surface area contributed by atoms with Crippen LogP contribution in [0.1, 0.15) is 32.8 Å². The van der Waals surface area contributed by atoms with E-state index in [4.69, 9.17) is 30.1 Å². The zero-order valence-corrected chi connectivity index (χ0v) is 27.0. The van der Waals surface area contributed by atoms with Crippen molar-refractivity contribution in [3.05, 3.63) is 54.6 Å². The van der Waals surface area contributed by atoms with Crippen molar-refractivity contribution in [2.45, 2.75) is 63.9 Å².